The normalized spacial score (nSPS) is 21.2. The lowest BCUT2D eigenvalue weighted by Crippen LogP contribution is -2.44. The Morgan fingerprint density at radius 1 is 0.909 bits per heavy atom. The van der Waals surface area contributed by atoms with Gasteiger partial charge in [-0.3, -0.25) is 38.3 Å². The number of carbonyl (C=O) groups is 4. The minimum absolute atomic E-state index is 0.0872. The first-order chi connectivity index (χ1) is 26.4. The highest BCUT2D eigenvalue weighted by Gasteiger charge is 2.36. The van der Waals surface area contributed by atoms with Crippen molar-refractivity contribution in [3.63, 3.8) is 0 Å². The number of hydrogen-bond acceptors (Lipinski definition) is 7. The first kappa shape index (κ1) is 36.2. The zero-order valence-electron chi connectivity index (χ0n) is 30.0. The van der Waals surface area contributed by atoms with Crippen molar-refractivity contribution < 1.29 is 32.3 Å². The van der Waals surface area contributed by atoms with Crippen LogP contribution in [0.1, 0.15) is 91.1 Å². The van der Waals surface area contributed by atoms with Crippen LogP contribution in [0.4, 0.5) is 18.9 Å². The van der Waals surface area contributed by atoms with Crippen molar-refractivity contribution in [3.8, 4) is 0 Å². The molecule has 4 amide bonds. The second-order valence-corrected chi connectivity index (χ2v) is 14.7. The number of aromatic nitrogens is 5. The molecule has 0 spiro atoms. The van der Waals surface area contributed by atoms with E-state index in [2.05, 4.69) is 15.6 Å². The predicted octanol–water partition coefficient (Wildman–Crippen LogP) is 5.47. The van der Waals surface area contributed by atoms with Gasteiger partial charge in [-0.1, -0.05) is 18.2 Å². The van der Waals surface area contributed by atoms with Crippen molar-refractivity contribution in [3.05, 3.63) is 88.2 Å². The number of para-hydroxylation sites is 1. The first-order valence-electron chi connectivity index (χ1n) is 18.5. The molecule has 3 aromatic heterocycles. The van der Waals surface area contributed by atoms with Crippen molar-refractivity contribution in [2.45, 2.75) is 75.5 Å². The van der Waals surface area contributed by atoms with Crippen molar-refractivity contribution in [1.29, 1.82) is 0 Å². The molecule has 1 atom stereocenters. The largest absolute Gasteiger partial charge is 0.433 e. The van der Waals surface area contributed by atoms with Gasteiger partial charge in [0.25, 0.3) is 5.91 Å². The Balaban J connectivity index is 0.876. The molecule has 1 saturated carbocycles. The van der Waals surface area contributed by atoms with Gasteiger partial charge in [0.2, 0.25) is 17.7 Å². The Kier molecular flexibility index (Phi) is 9.29. The van der Waals surface area contributed by atoms with Gasteiger partial charge in [-0.15, -0.1) is 0 Å². The summed E-state index contributed by atoms with van der Waals surface area (Å²) < 4.78 is 44.2. The zero-order chi connectivity index (χ0) is 38.6. The van der Waals surface area contributed by atoms with Crippen molar-refractivity contribution in [2.24, 2.45) is 13.0 Å². The molecule has 1 aliphatic carbocycles. The summed E-state index contributed by atoms with van der Waals surface area (Å²) in [6.07, 6.45) is 2.15. The third kappa shape index (κ3) is 6.89. The van der Waals surface area contributed by atoms with Crippen LogP contribution in [0.3, 0.4) is 0 Å². The van der Waals surface area contributed by atoms with E-state index in [0.717, 1.165) is 67.1 Å². The van der Waals surface area contributed by atoms with Crippen molar-refractivity contribution in [2.75, 3.05) is 18.4 Å². The van der Waals surface area contributed by atoms with E-state index >= 15 is 0 Å². The third-order valence-corrected chi connectivity index (χ3v) is 11.4. The number of likely N-dealkylation sites (tertiary alicyclic amines) is 1. The number of piperidine rings is 2. The maximum atomic E-state index is 13.7. The highest BCUT2D eigenvalue weighted by molar-refractivity contribution is 6.04. The molecule has 16 heteroatoms. The number of anilines is 1. The van der Waals surface area contributed by atoms with Gasteiger partial charge in [-0.25, -0.2) is 9.78 Å². The predicted molar refractivity (Wildman–Crippen MR) is 195 cm³/mol. The second-order valence-electron chi connectivity index (χ2n) is 14.7. The molecule has 55 heavy (non-hydrogen) atoms. The fourth-order valence-corrected chi connectivity index (χ4v) is 8.51. The van der Waals surface area contributed by atoms with E-state index in [1.807, 2.05) is 34.0 Å². The standard InChI is InChI=1S/C39H39F3N8O5/c1-47-34-27(4-2-6-30(34)50(38(47)55)31-14-15-33(51)45-36(31)53)22-16-18-48(19-17-22)37(54)23-8-11-26(12-9-23)49-21-24-20-25(10-13-28(24)46-49)43-35(52)29-5-3-7-32(44-29)39(40,41)42/h2-7,10,13,20-23,26,31H,8-9,11-12,14-19H2,1H3,(H,43,52)(H,45,51,53)/t23-,26-,31?. The molecule has 2 aromatic carbocycles. The molecule has 5 aromatic rings. The Labute approximate surface area is 312 Å². The van der Waals surface area contributed by atoms with Crippen LogP contribution in [-0.2, 0) is 27.6 Å². The fraction of sp³-hybridized carbons (Fsp3) is 0.410. The summed E-state index contributed by atoms with van der Waals surface area (Å²) >= 11 is 0. The number of halogens is 3. The van der Waals surface area contributed by atoms with Gasteiger partial charge >= 0.3 is 11.9 Å². The number of rotatable bonds is 6. The summed E-state index contributed by atoms with van der Waals surface area (Å²) in [4.78, 5) is 69.7. The Hall–Kier alpha value is -5.80. The molecule has 5 heterocycles. The highest BCUT2D eigenvalue weighted by Crippen LogP contribution is 2.38. The minimum atomic E-state index is -4.66. The number of alkyl halides is 3. The van der Waals surface area contributed by atoms with Crippen LogP contribution >= 0.6 is 0 Å². The number of fused-ring (bicyclic) bond motifs is 2. The van der Waals surface area contributed by atoms with Crippen LogP contribution < -0.4 is 16.3 Å². The van der Waals surface area contributed by atoms with Crippen molar-refractivity contribution >= 4 is 51.3 Å². The Morgan fingerprint density at radius 2 is 1.65 bits per heavy atom. The molecule has 3 aliphatic rings. The van der Waals surface area contributed by atoms with Crippen LogP contribution in [0.25, 0.3) is 21.9 Å². The smallest absolute Gasteiger partial charge is 0.342 e. The molecule has 2 aliphatic heterocycles. The van der Waals surface area contributed by atoms with Gasteiger partial charge in [0.15, 0.2) is 0 Å². The Bertz CT molecular complexity index is 2400. The third-order valence-electron chi connectivity index (χ3n) is 11.4. The maximum Gasteiger partial charge on any atom is 0.433 e. The van der Waals surface area contributed by atoms with E-state index in [9.17, 15) is 37.1 Å². The highest BCUT2D eigenvalue weighted by atomic mass is 19.4. The second kappa shape index (κ2) is 14.1. The van der Waals surface area contributed by atoms with E-state index in [1.54, 1.807) is 29.8 Å². The van der Waals surface area contributed by atoms with E-state index in [-0.39, 0.29) is 53.9 Å². The number of amides is 4. The molecule has 1 unspecified atom stereocenters. The maximum absolute atomic E-state index is 13.7. The molecule has 2 N–H and O–H groups in total. The van der Waals surface area contributed by atoms with E-state index < -0.39 is 29.7 Å². The molecule has 0 radical (unpaired) electrons. The first-order valence-corrected chi connectivity index (χ1v) is 18.5. The van der Waals surface area contributed by atoms with Crippen LogP contribution in [0.15, 0.2) is 65.6 Å². The average molecular weight is 757 g/mol. The quantitative estimate of drug-likeness (QED) is 0.218. The number of imidazole rings is 1. The number of imide groups is 1. The number of carbonyl (C=O) groups excluding carboxylic acids is 4. The van der Waals surface area contributed by atoms with Crippen LogP contribution in [0.2, 0.25) is 0 Å². The lowest BCUT2D eigenvalue weighted by molar-refractivity contribution is -0.141. The number of aryl methyl sites for hydroxylation is 1. The molecule has 2 saturated heterocycles. The number of nitrogens with one attached hydrogen (secondary N) is 2. The molecular formula is C39H39F3N8O5. The fourth-order valence-electron chi connectivity index (χ4n) is 8.51. The summed E-state index contributed by atoms with van der Waals surface area (Å²) in [6, 6.07) is 13.4. The van der Waals surface area contributed by atoms with Crippen LogP contribution in [-0.4, -0.2) is 65.5 Å². The molecule has 8 rings (SSSR count). The zero-order valence-corrected chi connectivity index (χ0v) is 30.0. The molecule has 0 bridgehead atoms. The molecular weight excluding hydrogens is 717 g/mol. The van der Waals surface area contributed by atoms with Crippen LogP contribution in [0.5, 0.6) is 0 Å². The van der Waals surface area contributed by atoms with Crippen molar-refractivity contribution in [1.82, 2.24) is 34.1 Å². The van der Waals surface area contributed by atoms with E-state index in [4.69, 9.17) is 5.10 Å². The van der Waals surface area contributed by atoms with Gasteiger partial charge in [0.05, 0.1) is 22.6 Å². The average Bonchev–Trinajstić information content (AvgIpc) is 3.72. The topological polar surface area (TPSA) is 153 Å². The number of nitrogens with zero attached hydrogens (tertiary/aromatic N) is 6. The monoisotopic (exact) mass is 756 g/mol. The van der Waals surface area contributed by atoms with Gasteiger partial charge in [0.1, 0.15) is 17.4 Å². The van der Waals surface area contributed by atoms with Crippen LogP contribution in [0, 0.1) is 5.92 Å². The number of benzene rings is 2. The summed E-state index contributed by atoms with van der Waals surface area (Å²) in [5, 5.41) is 10.5. The summed E-state index contributed by atoms with van der Waals surface area (Å²) in [5.41, 5.74) is 1.79. The minimum Gasteiger partial charge on any atom is -0.342 e. The van der Waals surface area contributed by atoms with E-state index in [0.29, 0.717) is 29.8 Å². The molecule has 286 valence electrons. The SMILES string of the molecule is Cn1c(=O)n(C2CCC(=O)NC2=O)c2cccc(C3CCN(C(=O)[C@H]4CC[C@H](n5cc6cc(NC(=O)c7cccc(C(F)(F)F)n7)ccc6n5)CC4)CC3)c21. The summed E-state index contributed by atoms with van der Waals surface area (Å²) in [5.74, 6) is -1.35. The number of hydrogen-bond donors (Lipinski definition) is 2. The van der Waals surface area contributed by atoms with Gasteiger partial charge < -0.3 is 10.2 Å². The van der Waals surface area contributed by atoms with Gasteiger partial charge in [0, 0.05) is 49.7 Å². The molecule has 3 fully saturated rings. The summed E-state index contributed by atoms with van der Waals surface area (Å²) in [7, 11) is 1.71. The van der Waals surface area contributed by atoms with Gasteiger partial charge in [-0.05, 0) is 92.8 Å². The lowest BCUT2D eigenvalue weighted by Gasteiger charge is -2.36. The Morgan fingerprint density at radius 3 is 2.38 bits per heavy atom. The molecule has 13 nitrogen and oxygen atoms in total. The lowest BCUT2D eigenvalue weighted by atomic mass is 9.83. The van der Waals surface area contributed by atoms with Gasteiger partial charge in [-0.2, -0.15) is 18.3 Å². The number of pyridine rings is 1. The van der Waals surface area contributed by atoms with E-state index in [1.165, 1.54) is 10.6 Å². The summed E-state index contributed by atoms with van der Waals surface area (Å²) in [6.45, 7) is 1.21.